The van der Waals surface area contributed by atoms with Gasteiger partial charge < -0.3 is 5.32 Å². The maximum absolute atomic E-state index is 12.0. The van der Waals surface area contributed by atoms with Crippen molar-refractivity contribution in [3.05, 3.63) is 52.8 Å². The van der Waals surface area contributed by atoms with Crippen molar-refractivity contribution in [2.75, 3.05) is 6.54 Å². The Bertz CT molecular complexity index is 628. The van der Waals surface area contributed by atoms with Crippen LogP contribution >= 0.6 is 0 Å². The van der Waals surface area contributed by atoms with Crippen LogP contribution in [-0.2, 0) is 19.4 Å². The largest absolute Gasteiger partial charge is 0.350 e. The predicted octanol–water partition coefficient (Wildman–Crippen LogP) is 2.50. The van der Waals surface area contributed by atoms with Gasteiger partial charge in [-0.25, -0.2) is 0 Å². The molecule has 2 aromatic rings. The number of carbonyl (C=O) groups excluding carboxylic acids is 1. The fourth-order valence-electron chi connectivity index (χ4n) is 2.83. The summed E-state index contributed by atoms with van der Waals surface area (Å²) in [4.78, 5) is 12.0. The molecular weight excluding hydrogens is 262 g/mol. The number of hydrogen-bond donors (Lipinski definition) is 1. The predicted molar refractivity (Wildman–Crippen MR) is 82.4 cm³/mol. The van der Waals surface area contributed by atoms with E-state index in [0.29, 0.717) is 12.1 Å². The first-order chi connectivity index (χ1) is 10.2. The third-order valence-electron chi connectivity index (χ3n) is 4.07. The minimum atomic E-state index is -0.0176. The van der Waals surface area contributed by atoms with E-state index in [4.69, 9.17) is 0 Å². The number of fused-ring (bicyclic) bond motifs is 1. The molecule has 0 saturated heterocycles. The third kappa shape index (κ3) is 3.15. The fourth-order valence-corrected chi connectivity index (χ4v) is 2.83. The minimum absolute atomic E-state index is 0.0176. The smallest absolute Gasteiger partial charge is 0.251 e. The zero-order valence-corrected chi connectivity index (χ0v) is 12.4. The van der Waals surface area contributed by atoms with Crippen LogP contribution in [-0.4, -0.2) is 22.2 Å². The van der Waals surface area contributed by atoms with Crippen LogP contribution in [0.4, 0.5) is 0 Å². The Balaban J connectivity index is 1.55. The van der Waals surface area contributed by atoms with Crippen LogP contribution in [0.5, 0.6) is 0 Å². The van der Waals surface area contributed by atoms with Crippen molar-refractivity contribution < 1.29 is 4.79 Å². The highest BCUT2D eigenvalue weighted by molar-refractivity contribution is 5.94. The van der Waals surface area contributed by atoms with Gasteiger partial charge in [-0.15, -0.1) is 0 Å². The number of hydrogen-bond acceptors (Lipinski definition) is 2. The van der Waals surface area contributed by atoms with Gasteiger partial charge in [0.1, 0.15) is 0 Å². The zero-order valence-electron chi connectivity index (χ0n) is 12.4. The maximum Gasteiger partial charge on any atom is 0.251 e. The monoisotopic (exact) mass is 283 g/mol. The van der Waals surface area contributed by atoms with Gasteiger partial charge in [0.05, 0.1) is 12.7 Å². The topological polar surface area (TPSA) is 46.9 Å². The van der Waals surface area contributed by atoms with E-state index in [0.717, 1.165) is 24.9 Å². The van der Waals surface area contributed by atoms with Crippen molar-refractivity contribution in [1.82, 2.24) is 15.1 Å². The molecule has 1 aliphatic rings. The summed E-state index contributed by atoms with van der Waals surface area (Å²) in [6.45, 7) is 3.37. The molecule has 4 heteroatoms. The van der Waals surface area contributed by atoms with Gasteiger partial charge in [-0.1, -0.05) is 17.7 Å². The van der Waals surface area contributed by atoms with Crippen molar-refractivity contribution in [3.63, 3.8) is 0 Å². The first-order valence-corrected chi connectivity index (χ1v) is 7.62. The molecule has 1 aromatic heterocycles. The van der Waals surface area contributed by atoms with Gasteiger partial charge >= 0.3 is 0 Å². The Morgan fingerprint density at radius 2 is 2.00 bits per heavy atom. The van der Waals surface area contributed by atoms with E-state index in [9.17, 15) is 4.79 Å². The van der Waals surface area contributed by atoms with Crippen LogP contribution in [0, 0.1) is 6.92 Å². The highest BCUT2D eigenvalue weighted by Gasteiger charge is 2.14. The molecule has 0 bridgehead atoms. The second kappa shape index (κ2) is 6.12. The number of amides is 1. The normalized spacial score (nSPS) is 13.8. The van der Waals surface area contributed by atoms with Crippen LogP contribution in [0.25, 0.3) is 0 Å². The number of aromatic nitrogens is 2. The Morgan fingerprint density at radius 3 is 2.81 bits per heavy atom. The molecule has 1 aliphatic carbocycles. The second-order valence-electron chi connectivity index (χ2n) is 5.67. The molecule has 1 heterocycles. The Hall–Kier alpha value is -2.10. The molecule has 1 aromatic carbocycles. The Labute approximate surface area is 125 Å². The minimum Gasteiger partial charge on any atom is -0.350 e. The highest BCUT2D eigenvalue weighted by Crippen LogP contribution is 2.20. The first-order valence-electron chi connectivity index (χ1n) is 7.62. The SMILES string of the molecule is Cc1ccc(C(=O)NCCn2ncc3c2CCCC3)cc1. The zero-order chi connectivity index (χ0) is 14.7. The third-order valence-corrected chi connectivity index (χ3v) is 4.07. The van der Waals surface area contributed by atoms with Crippen LogP contribution < -0.4 is 5.32 Å². The number of benzene rings is 1. The summed E-state index contributed by atoms with van der Waals surface area (Å²) < 4.78 is 2.05. The van der Waals surface area contributed by atoms with Crippen molar-refractivity contribution in [1.29, 1.82) is 0 Å². The quantitative estimate of drug-likeness (QED) is 0.937. The van der Waals surface area contributed by atoms with Crippen LogP contribution in [0.15, 0.2) is 30.5 Å². The van der Waals surface area contributed by atoms with Crippen molar-refractivity contribution in [2.24, 2.45) is 0 Å². The summed E-state index contributed by atoms with van der Waals surface area (Å²) in [7, 11) is 0. The summed E-state index contributed by atoms with van der Waals surface area (Å²) in [5.41, 5.74) is 4.61. The molecule has 4 nitrogen and oxygen atoms in total. The summed E-state index contributed by atoms with van der Waals surface area (Å²) in [5.74, 6) is -0.0176. The lowest BCUT2D eigenvalue weighted by molar-refractivity contribution is 0.0952. The van der Waals surface area contributed by atoms with E-state index >= 15 is 0 Å². The van der Waals surface area contributed by atoms with Gasteiger partial charge in [0.25, 0.3) is 5.91 Å². The molecule has 3 rings (SSSR count). The number of nitrogens with zero attached hydrogens (tertiary/aromatic N) is 2. The van der Waals surface area contributed by atoms with E-state index in [1.165, 1.54) is 24.1 Å². The van der Waals surface area contributed by atoms with Crippen LogP contribution in [0.1, 0.15) is 40.0 Å². The molecule has 1 N–H and O–H groups in total. The van der Waals surface area contributed by atoms with E-state index in [2.05, 4.69) is 10.4 Å². The molecule has 0 radical (unpaired) electrons. The van der Waals surface area contributed by atoms with Crippen LogP contribution in [0.3, 0.4) is 0 Å². The number of rotatable bonds is 4. The van der Waals surface area contributed by atoms with Gasteiger partial charge in [0, 0.05) is 17.8 Å². The summed E-state index contributed by atoms with van der Waals surface area (Å²) >= 11 is 0. The average molecular weight is 283 g/mol. The molecular formula is C17H21N3O. The van der Waals surface area contributed by atoms with Crippen molar-refractivity contribution in [2.45, 2.75) is 39.2 Å². The van der Waals surface area contributed by atoms with E-state index in [1.54, 1.807) is 0 Å². The van der Waals surface area contributed by atoms with E-state index in [1.807, 2.05) is 42.1 Å². The molecule has 110 valence electrons. The van der Waals surface area contributed by atoms with E-state index < -0.39 is 0 Å². The van der Waals surface area contributed by atoms with Gasteiger partial charge in [-0.05, 0) is 50.3 Å². The molecule has 0 unspecified atom stereocenters. The molecule has 0 atom stereocenters. The van der Waals surface area contributed by atoms with Gasteiger partial charge in [0.15, 0.2) is 0 Å². The summed E-state index contributed by atoms with van der Waals surface area (Å²) in [5, 5.41) is 7.41. The molecule has 0 fully saturated rings. The second-order valence-corrected chi connectivity index (χ2v) is 5.67. The molecule has 0 aliphatic heterocycles. The maximum atomic E-state index is 12.0. The lowest BCUT2D eigenvalue weighted by Gasteiger charge is -2.14. The summed E-state index contributed by atoms with van der Waals surface area (Å²) in [6.07, 6.45) is 6.75. The number of carbonyl (C=O) groups is 1. The lowest BCUT2D eigenvalue weighted by Crippen LogP contribution is -2.28. The lowest BCUT2D eigenvalue weighted by atomic mass is 9.98. The fraction of sp³-hybridized carbons (Fsp3) is 0.412. The number of aryl methyl sites for hydroxylation is 2. The van der Waals surface area contributed by atoms with Gasteiger partial charge in [0.2, 0.25) is 0 Å². The Kier molecular flexibility index (Phi) is 4.04. The van der Waals surface area contributed by atoms with Crippen LogP contribution in [0.2, 0.25) is 0 Å². The van der Waals surface area contributed by atoms with Gasteiger partial charge in [-0.2, -0.15) is 5.10 Å². The average Bonchev–Trinajstić information content (AvgIpc) is 2.91. The molecule has 0 spiro atoms. The highest BCUT2D eigenvalue weighted by atomic mass is 16.1. The van der Waals surface area contributed by atoms with Crippen molar-refractivity contribution >= 4 is 5.91 Å². The molecule has 0 saturated carbocycles. The first kappa shape index (κ1) is 13.9. The Morgan fingerprint density at radius 1 is 1.24 bits per heavy atom. The standard InChI is InChI=1S/C17H21N3O/c1-13-6-8-14(9-7-13)17(21)18-10-11-20-16-5-3-2-4-15(16)12-19-20/h6-9,12H,2-5,10-11H2,1H3,(H,18,21). The van der Waals surface area contributed by atoms with E-state index in [-0.39, 0.29) is 5.91 Å². The molecule has 1 amide bonds. The van der Waals surface area contributed by atoms with Gasteiger partial charge in [-0.3, -0.25) is 9.48 Å². The summed E-state index contributed by atoms with van der Waals surface area (Å²) in [6, 6.07) is 7.64. The number of nitrogens with one attached hydrogen (secondary N) is 1. The molecule has 21 heavy (non-hydrogen) atoms. The van der Waals surface area contributed by atoms with Crippen molar-refractivity contribution in [3.8, 4) is 0 Å².